The van der Waals surface area contributed by atoms with Gasteiger partial charge in [-0.1, -0.05) is 24.3 Å². The summed E-state index contributed by atoms with van der Waals surface area (Å²) < 4.78 is 39.3. The molecule has 0 aliphatic heterocycles. The van der Waals surface area contributed by atoms with Crippen molar-refractivity contribution in [2.45, 2.75) is 22.3 Å². The van der Waals surface area contributed by atoms with Gasteiger partial charge in [0.05, 0.1) is 21.5 Å². The lowest BCUT2D eigenvalue weighted by Crippen LogP contribution is -2.23. The van der Waals surface area contributed by atoms with Gasteiger partial charge >= 0.3 is 0 Å². The minimum atomic E-state index is -3.89. The maximum Gasteiger partial charge on any atom is 0.257 e. The largest absolute Gasteiger partial charge is 0.507 e. The zero-order chi connectivity index (χ0) is 24.9. The molecule has 1 amide bonds. The number of aliphatic hydroxyl groups is 1. The smallest absolute Gasteiger partial charge is 0.257 e. The number of benzene rings is 3. The lowest BCUT2D eigenvalue weighted by Gasteiger charge is -2.13. The molecular weight excluding hydrogens is 459 g/mol. The highest BCUT2D eigenvalue weighted by atomic mass is 32.2. The molecule has 0 fully saturated rings. The Hall–Kier alpha value is -3.27. The van der Waals surface area contributed by atoms with E-state index in [1.165, 1.54) is 61.5 Å². The molecule has 7 nitrogen and oxygen atoms in total. The molecule has 3 aromatic rings. The maximum absolute atomic E-state index is 13.3. The molecular formula is C25H27FN2O5S. The normalized spacial score (nSPS) is 12.4. The van der Waals surface area contributed by atoms with E-state index in [1.807, 2.05) is 0 Å². The van der Waals surface area contributed by atoms with Crippen LogP contribution in [0.1, 0.15) is 27.6 Å². The van der Waals surface area contributed by atoms with Gasteiger partial charge in [0.1, 0.15) is 11.6 Å². The third kappa shape index (κ3) is 5.99. The number of phenolic OH excluding ortho intramolecular Hbond substituents is 1. The molecule has 3 aromatic carbocycles. The van der Waals surface area contributed by atoms with Gasteiger partial charge in [0.15, 0.2) is 0 Å². The van der Waals surface area contributed by atoms with Crippen molar-refractivity contribution in [1.29, 1.82) is 0 Å². The van der Waals surface area contributed by atoms with Crippen LogP contribution in [0.25, 0.3) is 0 Å². The predicted octanol–water partition coefficient (Wildman–Crippen LogP) is 2.93. The summed E-state index contributed by atoms with van der Waals surface area (Å²) in [5.41, 5.74) is 1.29. The van der Waals surface area contributed by atoms with E-state index in [2.05, 4.69) is 5.32 Å². The molecule has 0 heterocycles. The number of halogens is 1. The van der Waals surface area contributed by atoms with Crippen LogP contribution in [0.4, 0.5) is 4.39 Å². The van der Waals surface area contributed by atoms with Gasteiger partial charge in [-0.05, 0) is 66.6 Å². The van der Waals surface area contributed by atoms with Crippen LogP contribution in [-0.4, -0.2) is 56.6 Å². The maximum atomic E-state index is 13.3. The van der Waals surface area contributed by atoms with Gasteiger partial charge in [-0.2, -0.15) is 0 Å². The molecule has 180 valence electrons. The van der Waals surface area contributed by atoms with Crippen molar-refractivity contribution in [2.75, 3.05) is 27.2 Å². The summed E-state index contributed by atoms with van der Waals surface area (Å²) in [7, 11) is -0.861. The van der Waals surface area contributed by atoms with Crippen molar-refractivity contribution < 1.29 is 27.8 Å². The van der Waals surface area contributed by atoms with Gasteiger partial charge in [0.2, 0.25) is 9.84 Å². The molecule has 9 heteroatoms. The molecule has 3 N–H and O–H groups in total. The standard InChI is InChI=1S/C25H27FN2O5S/c1-28(2)25(31)22-15-21(10-11-23(22)29)34(32,33)20-8-6-17(7-9-20)12-13-27-16-24(30)18-4-3-5-19(26)14-18/h3-11,14-15,24,27,29-30H,12-13,16H2,1-2H3/t24-/m0/s1. The SMILES string of the molecule is CN(C)C(=O)c1cc(S(=O)(=O)c2ccc(CCNC[C@H](O)c3cccc(F)c3)cc2)ccc1O. The van der Waals surface area contributed by atoms with E-state index < -0.39 is 27.7 Å². The van der Waals surface area contributed by atoms with Gasteiger partial charge in [0.25, 0.3) is 5.91 Å². The Morgan fingerprint density at radius 1 is 1.03 bits per heavy atom. The Kier molecular flexibility index (Phi) is 8.03. The van der Waals surface area contributed by atoms with Crippen molar-refractivity contribution in [3.63, 3.8) is 0 Å². The number of carbonyl (C=O) groups excluding carboxylic acids is 1. The highest BCUT2D eigenvalue weighted by molar-refractivity contribution is 7.91. The van der Waals surface area contributed by atoms with E-state index in [0.717, 1.165) is 5.56 Å². The van der Waals surface area contributed by atoms with Crippen LogP contribution in [0.5, 0.6) is 5.75 Å². The molecule has 0 saturated carbocycles. The Balaban J connectivity index is 1.62. The second-order valence-corrected chi connectivity index (χ2v) is 10.0. The van der Waals surface area contributed by atoms with Crippen LogP contribution in [-0.2, 0) is 16.3 Å². The Bertz CT molecular complexity index is 1260. The second kappa shape index (κ2) is 10.8. The first-order valence-electron chi connectivity index (χ1n) is 10.6. The summed E-state index contributed by atoms with van der Waals surface area (Å²) in [5.74, 6) is -1.19. The minimum absolute atomic E-state index is 0.0691. The molecule has 0 aliphatic carbocycles. The van der Waals surface area contributed by atoms with E-state index in [-0.39, 0.29) is 27.6 Å². The summed E-state index contributed by atoms with van der Waals surface area (Å²) >= 11 is 0. The highest BCUT2D eigenvalue weighted by Crippen LogP contribution is 2.27. The first-order chi connectivity index (χ1) is 16.1. The van der Waals surface area contributed by atoms with Crippen molar-refractivity contribution in [3.05, 3.63) is 89.2 Å². The Labute approximate surface area is 198 Å². The van der Waals surface area contributed by atoms with Crippen LogP contribution in [0, 0.1) is 5.82 Å². The number of aliphatic hydroxyl groups excluding tert-OH is 1. The molecule has 3 rings (SSSR count). The van der Waals surface area contributed by atoms with Crippen molar-refractivity contribution >= 4 is 15.7 Å². The molecule has 1 atom stereocenters. The Morgan fingerprint density at radius 2 is 1.71 bits per heavy atom. The van der Waals surface area contributed by atoms with Crippen molar-refractivity contribution in [1.82, 2.24) is 10.2 Å². The summed E-state index contributed by atoms with van der Waals surface area (Å²) in [6.07, 6.45) is -0.241. The van der Waals surface area contributed by atoms with E-state index in [9.17, 15) is 27.8 Å². The molecule has 0 spiro atoms. The van der Waals surface area contributed by atoms with Crippen molar-refractivity contribution in [3.8, 4) is 5.75 Å². The number of rotatable bonds is 9. The zero-order valence-electron chi connectivity index (χ0n) is 18.9. The van der Waals surface area contributed by atoms with Gasteiger partial charge in [-0.3, -0.25) is 4.79 Å². The fourth-order valence-electron chi connectivity index (χ4n) is 3.37. The number of phenols is 1. The predicted molar refractivity (Wildman–Crippen MR) is 126 cm³/mol. The lowest BCUT2D eigenvalue weighted by molar-refractivity contribution is 0.0824. The van der Waals surface area contributed by atoms with Crippen LogP contribution in [0.2, 0.25) is 0 Å². The van der Waals surface area contributed by atoms with E-state index >= 15 is 0 Å². The molecule has 0 unspecified atom stereocenters. The summed E-state index contributed by atoms with van der Waals surface area (Å²) in [6.45, 7) is 0.789. The molecule has 0 saturated heterocycles. The lowest BCUT2D eigenvalue weighted by atomic mass is 10.1. The molecule has 0 aromatic heterocycles. The third-order valence-electron chi connectivity index (χ3n) is 5.31. The molecule has 0 bridgehead atoms. The quantitative estimate of drug-likeness (QED) is 0.402. The zero-order valence-corrected chi connectivity index (χ0v) is 19.7. The van der Waals surface area contributed by atoms with Gasteiger partial charge in [-0.15, -0.1) is 0 Å². The van der Waals surface area contributed by atoms with Gasteiger partial charge in [-0.25, -0.2) is 12.8 Å². The van der Waals surface area contributed by atoms with E-state index in [4.69, 9.17) is 0 Å². The number of nitrogens with one attached hydrogen (secondary N) is 1. The summed E-state index contributed by atoms with van der Waals surface area (Å²) in [5, 5.41) is 23.2. The van der Waals surface area contributed by atoms with Crippen LogP contribution in [0.15, 0.2) is 76.5 Å². The number of hydrogen-bond donors (Lipinski definition) is 3. The van der Waals surface area contributed by atoms with Crippen molar-refractivity contribution in [2.24, 2.45) is 0 Å². The fourth-order valence-corrected chi connectivity index (χ4v) is 4.66. The second-order valence-electron chi connectivity index (χ2n) is 8.05. The van der Waals surface area contributed by atoms with E-state index in [1.54, 1.807) is 24.3 Å². The van der Waals surface area contributed by atoms with Gasteiger partial charge < -0.3 is 20.4 Å². The van der Waals surface area contributed by atoms with Crippen LogP contribution in [0.3, 0.4) is 0 Å². The number of nitrogens with zero attached hydrogens (tertiary/aromatic N) is 1. The monoisotopic (exact) mass is 486 g/mol. The summed E-state index contributed by atoms with van der Waals surface area (Å²) in [4.78, 5) is 13.5. The van der Waals surface area contributed by atoms with Crippen LogP contribution < -0.4 is 5.32 Å². The topological polar surface area (TPSA) is 107 Å². The first-order valence-corrected chi connectivity index (χ1v) is 12.1. The molecule has 0 radical (unpaired) electrons. The summed E-state index contributed by atoms with van der Waals surface area (Å²) in [6, 6.07) is 15.8. The third-order valence-corrected chi connectivity index (χ3v) is 7.08. The van der Waals surface area contributed by atoms with Gasteiger partial charge in [0, 0.05) is 20.6 Å². The van der Waals surface area contributed by atoms with Crippen LogP contribution >= 0.6 is 0 Å². The molecule has 34 heavy (non-hydrogen) atoms. The minimum Gasteiger partial charge on any atom is -0.507 e. The number of amides is 1. The average molecular weight is 487 g/mol. The van der Waals surface area contributed by atoms with E-state index in [0.29, 0.717) is 18.5 Å². The average Bonchev–Trinajstić information content (AvgIpc) is 2.81. The molecule has 0 aliphatic rings. The number of hydrogen-bond acceptors (Lipinski definition) is 6. The highest BCUT2D eigenvalue weighted by Gasteiger charge is 2.22. The fraction of sp³-hybridized carbons (Fsp3) is 0.240. The first kappa shape index (κ1) is 25.4. The number of sulfone groups is 1. The number of aromatic hydroxyl groups is 1. The Morgan fingerprint density at radius 3 is 2.35 bits per heavy atom. The number of carbonyl (C=O) groups is 1.